The molecule has 3 atom stereocenters. The summed E-state index contributed by atoms with van der Waals surface area (Å²) in [7, 11) is 0. The molecule has 92 valence electrons. The molecule has 0 aromatic carbocycles. The van der Waals surface area contributed by atoms with Crippen molar-refractivity contribution in [3.8, 4) is 0 Å². The Hall–Kier alpha value is -0.0800. The maximum atomic E-state index is 2.79. The fourth-order valence-corrected chi connectivity index (χ4v) is 4.08. The molecule has 0 amide bonds. The van der Waals surface area contributed by atoms with Crippen molar-refractivity contribution in [2.24, 2.45) is 17.8 Å². The second-order valence-electron chi connectivity index (χ2n) is 6.75. The van der Waals surface area contributed by atoms with Crippen molar-refractivity contribution in [2.75, 3.05) is 26.2 Å². The lowest BCUT2D eigenvalue weighted by atomic mass is 10.0. The lowest BCUT2D eigenvalue weighted by Gasteiger charge is -2.46. The number of rotatable bonds is 2. The summed E-state index contributed by atoms with van der Waals surface area (Å²) in [5.41, 5.74) is 0. The molecule has 3 fully saturated rings. The Bertz CT molecular complexity index is 243. The molecule has 1 saturated carbocycles. The minimum Gasteiger partial charge on any atom is -0.298 e. The smallest absolute Gasteiger partial charge is 0.0350 e. The average molecular weight is 222 g/mol. The van der Waals surface area contributed by atoms with Crippen molar-refractivity contribution in [1.29, 1.82) is 0 Å². The molecule has 0 aromatic heterocycles. The van der Waals surface area contributed by atoms with Gasteiger partial charge in [0.25, 0.3) is 0 Å². The van der Waals surface area contributed by atoms with Crippen LogP contribution in [0.4, 0.5) is 0 Å². The number of nitrogens with zero attached hydrogens (tertiary/aromatic N) is 2. The van der Waals surface area contributed by atoms with Crippen LogP contribution < -0.4 is 0 Å². The fourth-order valence-electron chi connectivity index (χ4n) is 4.08. The third kappa shape index (κ3) is 1.80. The second-order valence-corrected chi connectivity index (χ2v) is 6.75. The number of hydrogen-bond acceptors (Lipinski definition) is 2. The van der Waals surface area contributed by atoms with E-state index in [-0.39, 0.29) is 0 Å². The van der Waals surface area contributed by atoms with E-state index in [1.165, 1.54) is 39.0 Å². The van der Waals surface area contributed by atoms with E-state index in [0.29, 0.717) is 0 Å². The van der Waals surface area contributed by atoms with E-state index in [1.807, 2.05) is 0 Å². The van der Waals surface area contributed by atoms with Gasteiger partial charge in [-0.05, 0) is 44.4 Å². The summed E-state index contributed by atoms with van der Waals surface area (Å²) < 4.78 is 0. The average Bonchev–Trinajstić information content (AvgIpc) is 2.56. The van der Waals surface area contributed by atoms with Crippen LogP contribution in [-0.4, -0.2) is 48.1 Å². The van der Waals surface area contributed by atoms with E-state index in [2.05, 4.69) is 30.6 Å². The molecule has 0 aromatic rings. The van der Waals surface area contributed by atoms with Gasteiger partial charge in [-0.25, -0.2) is 0 Å². The molecule has 0 unspecified atom stereocenters. The van der Waals surface area contributed by atoms with Crippen LogP contribution in [0.3, 0.4) is 0 Å². The van der Waals surface area contributed by atoms with Crippen molar-refractivity contribution >= 4 is 0 Å². The lowest BCUT2D eigenvalue weighted by Crippen LogP contribution is -2.60. The molecule has 2 heteroatoms. The van der Waals surface area contributed by atoms with Crippen LogP contribution in [0.25, 0.3) is 0 Å². The van der Waals surface area contributed by atoms with Crippen molar-refractivity contribution in [2.45, 2.75) is 45.7 Å². The highest BCUT2D eigenvalue weighted by Crippen LogP contribution is 2.42. The molecule has 2 heterocycles. The molecule has 2 saturated heterocycles. The minimum absolute atomic E-state index is 0.748. The first-order valence-electron chi connectivity index (χ1n) is 7.11. The Morgan fingerprint density at radius 2 is 1.50 bits per heavy atom. The SMILES string of the molecule is CC(C)N1CC(N2C[C@H]3C[C@H](C)C[C@H]3C2)C1. The predicted molar refractivity (Wildman–Crippen MR) is 67.4 cm³/mol. The predicted octanol–water partition coefficient (Wildman–Crippen LogP) is 2.06. The van der Waals surface area contributed by atoms with Gasteiger partial charge >= 0.3 is 0 Å². The van der Waals surface area contributed by atoms with Crippen LogP contribution in [0.1, 0.15) is 33.6 Å². The van der Waals surface area contributed by atoms with Crippen LogP contribution in [-0.2, 0) is 0 Å². The Kier molecular flexibility index (Phi) is 2.75. The number of likely N-dealkylation sites (tertiary alicyclic amines) is 2. The quantitative estimate of drug-likeness (QED) is 0.705. The molecule has 3 aliphatic rings. The zero-order valence-electron chi connectivity index (χ0n) is 11.0. The van der Waals surface area contributed by atoms with Gasteiger partial charge in [-0.1, -0.05) is 6.92 Å². The van der Waals surface area contributed by atoms with Gasteiger partial charge in [-0.2, -0.15) is 0 Å². The van der Waals surface area contributed by atoms with E-state index in [0.717, 1.165) is 29.8 Å². The van der Waals surface area contributed by atoms with E-state index in [4.69, 9.17) is 0 Å². The molecule has 0 radical (unpaired) electrons. The summed E-state index contributed by atoms with van der Waals surface area (Å²) in [6.07, 6.45) is 3.00. The van der Waals surface area contributed by atoms with Gasteiger partial charge in [0.15, 0.2) is 0 Å². The first-order chi connectivity index (χ1) is 7.63. The standard InChI is InChI=1S/C14H26N2/c1-10(2)15-8-14(9-15)16-6-12-4-11(3)5-13(12)7-16/h10-14H,4-9H2,1-3H3/t11-,12+,13-. The van der Waals surface area contributed by atoms with Crippen LogP contribution in [0.5, 0.6) is 0 Å². The molecule has 0 spiro atoms. The molecular weight excluding hydrogens is 196 g/mol. The van der Waals surface area contributed by atoms with E-state index < -0.39 is 0 Å². The largest absolute Gasteiger partial charge is 0.298 e. The Morgan fingerprint density at radius 1 is 0.938 bits per heavy atom. The van der Waals surface area contributed by atoms with Crippen molar-refractivity contribution < 1.29 is 0 Å². The van der Waals surface area contributed by atoms with Gasteiger partial charge < -0.3 is 0 Å². The first-order valence-corrected chi connectivity index (χ1v) is 7.11. The Balaban J connectivity index is 1.50. The summed E-state index contributed by atoms with van der Waals surface area (Å²) in [6, 6.07) is 1.64. The van der Waals surface area contributed by atoms with Gasteiger partial charge in [0.05, 0.1) is 0 Å². The summed E-state index contributed by atoms with van der Waals surface area (Å²) in [5, 5.41) is 0. The normalized spacial score (nSPS) is 41.6. The number of fused-ring (bicyclic) bond motifs is 1. The van der Waals surface area contributed by atoms with E-state index in [9.17, 15) is 0 Å². The molecule has 0 N–H and O–H groups in total. The van der Waals surface area contributed by atoms with E-state index >= 15 is 0 Å². The number of hydrogen-bond donors (Lipinski definition) is 0. The zero-order chi connectivity index (χ0) is 11.3. The lowest BCUT2D eigenvalue weighted by molar-refractivity contribution is 0.0214. The van der Waals surface area contributed by atoms with Gasteiger partial charge in [-0.15, -0.1) is 0 Å². The molecule has 3 rings (SSSR count). The van der Waals surface area contributed by atoms with Crippen LogP contribution in [0.15, 0.2) is 0 Å². The van der Waals surface area contributed by atoms with Gasteiger partial charge in [0.1, 0.15) is 0 Å². The van der Waals surface area contributed by atoms with Crippen molar-refractivity contribution in [3.05, 3.63) is 0 Å². The Morgan fingerprint density at radius 3 is 2.00 bits per heavy atom. The van der Waals surface area contributed by atoms with Gasteiger partial charge in [0.2, 0.25) is 0 Å². The summed E-state index contributed by atoms with van der Waals surface area (Å²) in [4.78, 5) is 5.39. The second kappa shape index (κ2) is 3.99. The highest BCUT2D eigenvalue weighted by atomic mass is 15.3. The third-order valence-electron chi connectivity index (χ3n) is 5.15. The fraction of sp³-hybridized carbons (Fsp3) is 1.00. The first kappa shape index (κ1) is 11.0. The zero-order valence-corrected chi connectivity index (χ0v) is 11.0. The topological polar surface area (TPSA) is 6.48 Å². The monoisotopic (exact) mass is 222 g/mol. The van der Waals surface area contributed by atoms with Crippen LogP contribution in [0, 0.1) is 17.8 Å². The maximum absolute atomic E-state index is 2.79. The van der Waals surface area contributed by atoms with Gasteiger partial charge in [-0.3, -0.25) is 9.80 Å². The van der Waals surface area contributed by atoms with Gasteiger partial charge in [0, 0.05) is 38.3 Å². The maximum Gasteiger partial charge on any atom is 0.0350 e. The summed E-state index contributed by atoms with van der Waals surface area (Å²) in [6.45, 7) is 12.5. The highest BCUT2D eigenvalue weighted by Gasteiger charge is 2.44. The van der Waals surface area contributed by atoms with Crippen LogP contribution in [0.2, 0.25) is 0 Å². The van der Waals surface area contributed by atoms with E-state index in [1.54, 1.807) is 0 Å². The molecular formula is C14H26N2. The van der Waals surface area contributed by atoms with Crippen LogP contribution >= 0.6 is 0 Å². The molecule has 2 nitrogen and oxygen atoms in total. The molecule has 0 bridgehead atoms. The summed E-state index contributed by atoms with van der Waals surface area (Å²) >= 11 is 0. The minimum atomic E-state index is 0.748. The Labute approximate surface area is 100.0 Å². The molecule has 16 heavy (non-hydrogen) atoms. The highest BCUT2D eigenvalue weighted by molar-refractivity contribution is 4.98. The van der Waals surface area contributed by atoms with Crippen molar-refractivity contribution in [3.63, 3.8) is 0 Å². The molecule has 1 aliphatic carbocycles. The summed E-state index contributed by atoms with van der Waals surface area (Å²) in [5.74, 6) is 3.09. The van der Waals surface area contributed by atoms with Crippen molar-refractivity contribution in [1.82, 2.24) is 9.80 Å². The molecule has 2 aliphatic heterocycles. The third-order valence-corrected chi connectivity index (χ3v) is 5.15.